The fraction of sp³-hybridized carbons (Fsp3) is 0.611. The van der Waals surface area contributed by atoms with Gasteiger partial charge in [0.15, 0.2) is 0 Å². The zero-order valence-electron chi connectivity index (χ0n) is 13.3. The van der Waals surface area contributed by atoms with Crippen molar-refractivity contribution < 1.29 is 9.90 Å². The first-order chi connectivity index (χ1) is 9.92. The Morgan fingerprint density at radius 2 is 2.05 bits per heavy atom. The van der Waals surface area contributed by atoms with Gasteiger partial charge in [0.25, 0.3) is 0 Å². The van der Waals surface area contributed by atoms with E-state index in [-0.39, 0.29) is 23.8 Å². The Hall–Kier alpha value is -1.35. The third-order valence-electron chi connectivity index (χ3n) is 4.83. The maximum Gasteiger partial charge on any atom is 0.224 e. The summed E-state index contributed by atoms with van der Waals surface area (Å²) >= 11 is 0. The molecule has 116 valence electrons. The Bertz CT molecular complexity index is 469. The lowest BCUT2D eigenvalue weighted by Crippen LogP contribution is -2.45. The van der Waals surface area contributed by atoms with Crippen LogP contribution in [-0.2, 0) is 4.79 Å². The van der Waals surface area contributed by atoms with E-state index in [9.17, 15) is 9.90 Å². The van der Waals surface area contributed by atoms with Gasteiger partial charge >= 0.3 is 0 Å². The molecule has 0 radical (unpaired) electrons. The highest BCUT2D eigenvalue weighted by atomic mass is 16.3. The Labute approximate surface area is 127 Å². The number of carbonyl (C=O) groups excluding carboxylic acids is 1. The topological polar surface area (TPSA) is 49.3 Å². The Balaban J connectivity index is 1.95. The number of hydrogen-bond acceptors (Lipinski definition) is 2. The second kappa shape index (κ2) is 6.61. The van der Waals surface area contributed by atoms with Crippen LogP contribution in [0.15, 0.2) is 30.3 Å². The van der Waals surface area contributed by atoms with Gasteiger partial charge in [-0.25, -0.2) is 0 Å². The highest BCUT2D eigenvalue weighted by molar-refractivity contribution is 5.79. The largest absolute Gasteiger partial charge is 0.387 e. The van der Waals surface area contributed by atoms with Gasteiger partial charge in [-0.15, -0.1) is 0 Å². The van der Waals surface area contributed by atoms with E-state index in [1.807, 2.05) is 30.3 Å². The predicted octanol–water partition coefficient (Wildman–Crippen LogP) is 3.30. The number of hydrogen-bond donors (Lipinski definition) is 2. The van der Waals surface area contributed by atoms with Gasteiger partial charge in [0.05, 0.1) is 6.10 Å². The van der Waals surface area contributed by atoms with Crippen LogP contribution >= 0.6 is 0 Å². The fourth-order valence-electron chi connectivity index (χ4n) is 3.69. The lowest BCUT2D eigenvalue weighted by Gasteiger charge is -2.41. The molecule has 1 fully saturated rings. The van der Waals surface area contributed by atoms with Crippen LogP contribution in [0.3, 0.4) is 0 Å². The summed E-state index contributed by atoms with van der Waals surface area (Å²) in [6.45, 7) is 6.81. The number of benzene rings is 1. The highest BCUT2D eigenvalue weighted by Crippen LogP contribution is 2.43. The smallest absolute Gasteiger partial charge is 0.224 e. The van der Waals surface area contributed by atoms with Crippen LogP contribution in [-0.4, -0.2) is 17.6 Å². The summed E-state index contributed by atoms with van der Waals surface area (Å²) in [5, 5.41) is 13.1. The van der Waals surface area contributed by atoms with E-state index in [2.05, 4.69) is 26.1 Å². The van der Waals surface area contributed by atoms with Gasteiger partial charge in [-0.3, -0.25) is 4.79 Å². The van der Waals surface area contributed by atoms with Gasteiger partial charge in [0.1, 0.15) is 0 Å². The average Bonchev–Trinajstić information content (AvgIpc) is 2.44. The second-order valence-corrected chi connectivity index (χ2v) is 7.01. The first-order valence-electron chi connectivity index (χ1n) is 7.92. The molecule has 2 rings (SSSR count). The molecule has 1 saturated carbocycles. The number of aliphatic hydroxyl groups excluding tert-OH is 1. The Morgan fingerprint density at radius 3 is 2.67 bits per heavy atom. The lowest BCUT2D eigenvalue weighted by molar-refractivity contribution is -0.133. The molecule has 0 saturated heterocycles. The second-order valence-electron chi connectivity index (χ2n) is 7.01. The van der Waals surface area contributed by atoms with Gasteiger partial charge in [-0.05, 0) is 29.7 Å². The highest BCUT2D eigenvalue weighted by Gasteiger charge is 2.41. The maximum absolute atomic E-state index is 12.5. The molecule has 0 aliphatic heterocycles. The van der Waals surface area contributed by atoms with E-state index < -0.39 is 6.10 Å². The van der Waals surface area contributed by atoms with Crippen molar-refractivity contribution in [2.75, 3.05) is 6.54 Å². The van der Waals surface area contributed by atoms with Crippen LogP contribution < -0.4 is 5.32 Å². The van der Waals surface area contributed by atoms with Gasteiger partial charge in [-0.1, -0.05) is 57.5 Å². The molecule has 1 aromatic carbocycles. The van der Waals surface area contributed by atoms with E-state index in [0.717, 1.165) is 18.4 Å². The van der Waals surface area contributed by atoms with E-state index >= 15 is 0 Å². The van der Waals surface area contributed by atoms with Crippen molar-refractivity contribution >= 4 is 5.91 Å². The minimum Gasteiger partial charge on any atom is -0.387 e. The average molecular weight is 289 g/mol. The maximum atomic E-state index is 12.5. The van der Waals surface area contributed by atoms with E-state index in [1.54, 1.807) is 0 Å². The summed E-state index contributed by atoms with van der Waals surface area (Å²) in [6.07, 6.45) is 2.77. The molecule has 1 aromatic rings. The van der Waals surface area contributed by atoms with Crippen molar-refractivity contribution in [2.45, 2.75) is 46.1 Å². The standard InChI is InChI=1S/C18H27NO2/c1-13-8-7-11-18(2,3)16(13)17(21)19-12-15(20)14-9-5-4-6-10-14/h4-6,9-10,13,15-16,20H,7-8,11-12H2,1-3H3,(H,19,21)/t13-,15+,16-/m0/s1. The van der Waals surface area contributed by atoms with Crippen LogP contribution in [0.2, 0.25) is 0 Å². The van der Waals surface area contributed by atoms with Crippen molar-refractivity contribution in [3.05, 3.63) is 35.9 Å². The number of amides is 1. The van der Waals surface area contributed by atoms with Gasteiger partial charge < -0.3 is 10.4 Å². The summed E-state index contributed by atoms with van der Waals surface area (Å²) in [7, 11) is 0. The lowest BCUT2D eigenvalue weighted by atomic mass is 9.64. The number of aliphatic hydroxyl groups is 1. The molecule has 0 unspecified atom stereocenters. The van der Waals surface area contributed by atoms with Crippen molar-refractivity contribution in [2.24, 2.45) is 17.3 Å². The summed E-state index contributed by atoms with van der Waals surface area (Å²) in [5.74, 6) is 0.527. The summed E-state index contributed by atoms with van der Waals surface area (Å²) in [4.78, 5) is 12.5. The Morgan fingerprint density at radius 1 is 1.38 bits per heavy atom. The monoisotopic (exact) mass is 289 g/mol. The molecule has 3 nitrogen and oxygen atoms in total. The third-order valence-corrected chi connectivity index (χ3v) is 4.83. The molecule has 0 heterocycles. The first kappa shape index (κ1) is 16.0. The molecular weight excluding hydrogens is 262 g/mol. The first-order valence-corrected chi connectivity index (χ1v) is 7.92. The molecule has 1 amide bonds. The molecule has 0 spiro atoms. The zero-order chi connectivity index (χ0) is 15.5. The van der Waals surface area contributed by atoms with Crippen LogP contribution in [0, 0.1) is 17.3 Å². The predicted molar refractivity (Wildman–Crippen MR) is 84.7 cm³/mol. The van der Waals surface area contributed by atoms with E-state index in [1.165, 1.54) is 6.42 Å². The molecule has 21 heavy (non-hydrogen) atoms. The summed E-state index contributed by atoms with van der Waals surface area (Å²) < 4.78 is 0. The third kappa shape index (κ3) is 3.85. The van der Waals surface area contributed by atoms with Crippen LogP contribution in [0.1, 0.15) is 51.7 Å². The molecule has 2 N–H and O–H groups in total. The normalized spacial score (nSPS) is 26.1. The van der Waals surface area contributed by atoms with Crippen molar-refractivity contribution in [3.63, 3.8) is 0 Å². The number of nitrogens with one attached hydrogen (secondary N) is 1. The molecular formula is C18H27NO2. The minimum absolute atomic E-state index is 0.0363. The molecule has 1 aliphatic carbocycles. The zero-order valence-corrected chi connectivity index (χ0v) is 13.3. The Kier molecular flexibility index (Phi) is 5.04. The van der Waals surface area contributed by atoms with Crippen molar-refractivity contribution in [1.82, 2.24) is 5.32 Å². The quantitative estimate of drug-likeness (QED) is 0.893. The molecule has 3 atom stereocenters. The molecule has 3 heteroatoms. The number of carbonyl (C=O) groups is 1. The van der Waals surface area contributed by atoms with Crippen LogP contribution in [0.5, 0.6) is 0 Å². The minimum atomic E-state index is -0.642. The van der Waals surface area contributed by atoms with Gasteiger partial charge in [0, 0.05) is 12.5 Å². The van der Waals surface area contributed by atoms with E-state index in [4.69, 9.17) is 0 Å². The van der Waals surface area contributed by atoms with Crippen molar-refractivity contribution in [3.8, 4) is 0 Å². The molecule has 0 bridgehead atoms. The van der Waals surface area contributed by atoms with Gasteiger partial charge in [0.2, 0.25) is 5.91 Å². The SMILES string of the molecule is C[C@H]1CCCC(C)(C)[C@@H]1C(=O)NC[C@@H](O)c1ccccc1. The van der Waals surface area contributed by atoms with Crippen molar-refractivity contribution in [1.29, 1.82) is 0 Å². The summed E-state index contributed by atoms with van der Waals surface area (Å²) in [6, 6.07) is 9.47. The molecule has 0 aromatic heterocycles. The van der Waals surface area contributed by atoms with Crippen LogP contribution in [0.25, 0.3) is 0 Å². The summed E-state index contributed by atoms with van der Waals surface area (Å²) in [5.41, 5.74) is 0.883. The fourth-order valence-corrected chi connectivity index (χ4v) is 3.69. The molecule has 1 aliphatic rings. The van der Waals surface area contributed by atoms with E-state index in [0.29, 0.717) is 5.92 Å². The number of rotatable bonds is 4. The van der Waals surface area contributed by atoms with Crippen LogP contribution in [0.4, 0.5) is 0 Å². The van der Waals surface area contributed by atoms with Gasteiger partial charge in [-0.2, -0.15) is 0 Å².